The third kappa shape index (κ3) is 5.36. The van der Waals surface area contributed by atoms with Crippen molar-refractivity contribution in [2.45, 2.75) is 17.7 Å². The molecule has 1 N–H and O–H groups in total. The second-order valence-electron chi connectivity index (χ2n) is 7.42. The maximum absolute atomic E-state index is 12.7. The first-order valence-electron chi connectivity index (χ1n) is 10.3. The lowest BCUT2D eigenvalue weighted by molar-refractivity contribution is -0.120. The fraction of sp³-hybridized carbons (Fsp3) is 0.409. The van der Waals surface area contributed by atoms with Crippen molar-refractivity contribution in [1.29, 1.82) is 0 Å². The van der Waals surface area contributed by atoms with Gasteiger partial charge in [0.15, 0.2) is 11.5 Å². The lowest BCUT2D eigenvalue weighted by Crippen LogP contribution is -2.40. The van der Waals surface area contributed by atoms with Crippen LogP contribution in [0.2, 0.25) is 0 Å². The minimum absolute atomic E-state index is 0.0804. The Kier molecular flexibility index (Phi) is 6.74. The van der Waals surface area contributed by atoms with E-state index >= 15 is 0 Å². The molecule has 0 saturated carbocycles. The van der Waals surface area contributed by atoms with Crippen LogP contribution >= 0.6 is 0 Å². The number of sulfonamides is 1. The number of hydrogen-bond donors (Lipinski definition) is 1. The molecule has 8 nitrogen and oxygen atoms in total. The van der Waals surface area contributed by atoms with Crippen molar-refractivity contribution in [2.75, 3.05) is 46.1 Å². The Balaban J connectivity index is 1.26. The van der Waals surface area contributed by atoms with Crippen molar-refractivity contribution in [3.8, 4) is 11.5 Å². The number of carbonyl (C=O) groups excluding carboxylic acids is 1. The smallest absolute Gasteiger partial charge is 0.243 e. The Labute approximate surface area is 182 Å². The molecule has 1 saturated heterocycles. The van der Waals surface area contributed by atoms with Crippen molar-refractivity contribution in [1.82, 2.24) is 9.62 Å². The van der Waals surface area contributed by atoms with Crippen LogP contribution in [-0.4, -0.2) is 64.7 Å². The molecule has 4 rings (SSSR count). The molecule has 0 aliphatic carbocycles. The van der Waals surface area contributed by atoms with Crippen LogP contribution in [0, 0.1) is 0 Å². The van der Waals surface area contributed by atoms with Gasteiger partial charge in [0.2, 0.25) is 15.9 Å². The third-order valence-electron chi connectivity index (χ3n) is 5.24. The second kappa shape index (κ2) is 9.67. The minimum Gasteiger partial charge on any atom is -0.486 e. The largest absolute Gasteiger partial charge is 0.486 e. The molecule has 0 aromatic heterocycles. The van der Waals surface area contributed by atoms with Crippen molar-refractivity contribution in [3.05, 3.63) is 53.6 Å². The summed E-state index contributed by atoms with van der Waals surface area (Å²) in [6, 6.07) is 12.3. The zero-order chi connectivity index (χ0) is 21.7. The first kappa shape index (κ1) is 21.6. The quantitative estimate of drug-likeness (QED) is 0.691. The van der Waals surface area contributed by atoms with Gasteiger partial charge in [-0.05, 0) is 41.8 Å². The molecule has 2 aromatic rings. The van der Waals surface area contributed by atoms with E-state index in [2.05, 4.69) is 5.32 Å². The van der Waals surface area contributed by atoms with Gasteiger partial charge in [0.1, 0.15) is 13.2 Å². The number of amides is 1. The molecule has 1 fully saturated rings. The molecule has 0 spiro atoms. The maximum Gasteiger partial charge on any atom is 0.243 e. The summed E-state index contributed by atoms with van der Waals surface area (Å²) in [5.41, 5.74) is 1.82. The number of nitrogens with one attached hydrogen (secondary N) is 1. The Morgan fingerprint density at radius 3 is 2.32 bits per heavy atom. The molecule has 0 atom stereocenters. The van der Waals surface area contributed by atoms with Gasteiger partial charge in [0, 0.05) is 19.6 Å². The van der Waals surface area contributed by atoms with Crippen LogP contribution in [0.1, 0.15) is 11.1 Å². The average molecular weight is 447 g/mol. The van der Waals surface area contributed by atoms with Gasteiger partial charge in [-0.1, -0.05) is 18.2 Å². The van der Waals surface area contributed by atoms with Gasteiger partial charge in [-0.25, -0.2) is 8.42 Å². The normalized spacial score (nSPS) is 16.6. The van der Waals surface area contributed by atoms with Crippen LogP contribution in [0.15, 0.2) is 47.4 Å². The van der Waals surface area contributed by atoms with E-state index in [1.54, 1.807) is 24.3 Å². The second-order valence-corrected chi connectivity index (χ2v) is 9.35. The fourth-order valence-electron chi connectivity index (χ4n) is 3.56. The summed E-state index contributed by atoms with van der Waals surface area (Å²) in [7, 11) is -3.49. The van der Waals surface area contributed by atoms with Crippen LogP contribution in [0.5, 0.6) is 11.5 Å². The van der Waals surface area contributed by atoms with E-state index in [-0.39, 0.29) is 17.2 Å². The summed E-state index contributed by atoms with van der Waals surface area (Å²) < 4.78 is 43.0. The molecule has 0 radical (unpaired) electrons. The van der Waals surface area contributed by atoms with E-state index in [1.807, 2.05) is 18.2 Å². The molecular formula is C22H26N2O6S. The predicted molar refractivity (Wildman–Crippen MR) is 114 cm³/mol. The number of morpholine rings is 1. The van der Waals surface area contributed by atoms with Crippen LogP contribution in [0.25, 0.3) is 0 Å². The van der Waals surface area contributed by atoms with Crippen molar-refractivity contribution in [2.24, 2.45) is 0 Å². The van der Waals surface area contributed by atoms with E-state index in [0.29, 0.717) is 64.0 Å². The first-order chi connectivity index (χ1) is 15.0. The highest BCUT2D eigenvalue weighted by atomic mass is 32.2. The van der Waals surface area contributed by atoms with E-state index < -0.39 is 10.0 Å². The molecule has 2 heterocycles. The molecule has 2 aliphatic heterocycles. The highest BCUT2D eigenvalue weighted by Crippen LogP contribution is 2.30. The Bertz CT molecular complexity index is 1020. The Morgan fingerprint density at radius 1 is 0.903 bits per heavy atom. The molecule has 0 unspecified atom stereocenters. The number of nitrogens with zero attached hydrogens (tertiary/aromatic N) is 1. The molecule has 9 heteroatoms. The van der Waals surface area contributed by atoms with Crippen LogP contribution in [0.3, 0.4) is 0 Å². The Hall–Kier alpha value is -2.62. The van der Waals surface area contributed by atoms with Crippen molar-refractivity contribution >= 4 is 15.9 Å². The van der Waals surface area contributed by atoms with Gasteiger partial charge >= 0.3 is 0 Å². The average Bonchev–Trinajstić information content (AvgIpc) is 2.80. The highest BCUT2D eigenvalue weighted by Gasteiger charge is 2.26. The van der Waals surface area contributed by atoms with Crippen molar-refractivity contribution < 1.29 is 27.4 Å². The number of hydrogen-bond acceptors (Lipinski definition) is 6. The van der Waals surface area contributed by atoms with Gasteiger partial charge in [-0.3, -0.25) is 4.79 Å². The SMILES string of the molecule is O=C(Cc1ccc2c(c1)OCCO2)NCCc1ccc(S(=O)(=O)N2CCOCC2)cc1. The number of benzene rings is 2. The van der Waals surface area contributed by atoms with Gasteiger partial charge in [0.05, 0.1) is 24.5 Å². The molecule has 1 amide bonds. The molecule has 2 aliphatic rings. The van der Waals surface area contributed by atoms with Gasteiger partial charge < -0.3 is 19.5 Å². The lowest BCUT2D eigenvalue weighted by atomic mass is 10.1. The van der Waals surface area contributed by atoms with Crippen LogP contribution in [-0.2, 0) is 32.4 Å². The predicted octanol–water partition coefficient (Wildman–Crippen LogP) is 1.38. The topological polar surface area (TPSA) is 94.2 Å². The van der Waals surface area contributed by atoms with E-state index in [9.17, 15) is 13.2 Å². The van der Waals surface area contributed by atoms with Gasteiger partial charge in [-0.15, -0.1) is 0 Å². The van der Waals surface area contributed by atoms with Crippen molar-refractivity contribution in [3.63, 3.8) is 0 Å². The fourth-order valence-corrected chi connectivity index (χ4v) is 4.96. The van der Waals surface area contributed by atoms with Gasteiger partial charge in [0.25, 0.3) is 0 Å². The van der Waals surface area contributed by atoms with E-state index in [4.69, 9.17) is 14.2 Å². The summed E-state index contributed by atoms with van der Waals surface area (Å²) in [5, 5.41) is 2.90. The zero-order valence-electron chi connectivity index (χ0n) is 17.2. The Morgan fingerprint density at radius 2 is 1.58 bits per heavy atom. The number of ether oxygens (including phenoxy) is 3. The highest BCUT2D eigenvalue weighted by molar-refractivity contribution is 7.89. The monoisotopic (exact) mass is 446 g/mol. The summed E-state index contributed by atoms with van der Waals surface area (Å²) in [6.45, 7) is 3.10. The first-order valence-corrected chi connectivity index (χ1v) is 11.8. The summed E-state index contributed by atoms with van der Waals surface area (Å²) in [4.78, 5) is 12.5. The lowest BCUT2D eigenvalue weighted by Gasteiger charge is -2.26. The summed E-state index contributed by atoms with van der Waals surface area (Å²) >= 11 is 0. The number of fused-ring (bicyclic) bond motifs is 1. The van der Waals surface area contributed by atoms with Crippen LogP contribution < -0.4 is 14.8 Å². The number of carbonyl (C=O) groups is 1. The molecule has 166 valence electrons. The summed E-state index contributed by atoms with van der Waals surface area (Å²) in [5.74, 6) is 1.29. The standard InChI is InChI=1S/C22H26N2O6S/c25-22(16-18-3-6-20-21(15-18)30-14-13-29-20)23-8-7-17-1-4-19(5-2-17)31(26,27)24-9-11-28-12-10-24/h1-6,15H,7-14,16H2,(H,23,25). The van der Waals surface area contributed by atoms with E-state index in [1.165, 1.54) is 4.31 Å². The number of rotatable bonds is 7. The molecule has 2 aromatic carbocycles. The molecule has 0 bridgehead atoms. The van der Waals surface area contributed by atoms with E-state index in [0.717, 1.165) is 11.1 Å². The van der Waals surface area contributed by atoms with Gasteiger partial charge in [-0.2, -0.15) is 4.31 Å². The molecule has 31 heavy (non-hydrogen) atoms. The zero-order valence-corrected chi connectivity index (χ0v) is 18.0. The third-order valence-corrected chi connectivity index (χ3v) is 7.15. The molecular weight excluding hydrogens is 420 g/mol. The maximum atomic E-state index is 12.7. The summed E-state index contributed by atoms with van der Waals surface area (Å²) in [6.07, 6.45) is 0.873. The minimum atomic E-state index is -3.49. The van der Waals surface area contributed by atoms with Crippen LogP contribution in [0.4, 0.5) is 0 Å².